The molecule has 1 saturated heterocycles. The van der Waals surface area contributed by atoms with E-state index in [2.05, 4.69) is 23.6 Å². The molecule has 4 heteroatoms. The van der Waals surface area contributed by atoms with Gasteiger partial charge >= 0.3 is 0 Å². The van der Waals surface area contributed by atoms with Crippen molar-refractivity contribution in [1.29, 1.82) is 0 Å². The van der Waals surface area contributed by atoms with Gasteiger partial charge in [0.2, 0.25) is 0 Å². The van der Waals surface area contributed by atoms with E-state index in [0.29, 0.717) is 6.04 Å². The zero-order valence-electron chi connectivity index (χ0n) is 11.2. The number of benzene rings is 1. The molecule has 1 atom stereocenters. The van der Waals surface area contributed by atoms with Gasteiger partial charge in [0.15, 0.2) is 0 Å². The van der Waals surface area contributed by atoms with E-state index >= 15 is 0 Å². The highest BCUT2D eigenvalue weighted by molar-refractivity contribution is 6.32. The normalized spacial score (nSPS) is 20.2. The minimum Gasteiger partial charge on any atom is -0.374 e. The zero-order chi connectivity index (χ0) is 13.1. The second-order valence-corrected chi connectivity index (χ2v) is 5.21. The molecule has 0 amide bonds. The molecule has 18 heavy (non-hydrogen) atoms. The Bertz CT molecular complexity index is 372. The molecule has 3 nitrogen and oxygen atoms in total. The maximum atomic E-state index is 10.3. The fourth-order valence-electron chi connectivity index (χ4n) is 2.38. The van der Waals surface area contributed by atoms with Crippen molar-refractivity contribution in [1.82, 2.24) is 9.80 Å². The van der Waals surface area contributed by atoms with Gasteiger partial charge in [-0.15, -0.1) is 0 Å². The van der Waals surface area contributed by atoms with Gasteiger partial charge in [-0.2, -0.15) is 0 Å². The Labute approximate surface area is 111 Å². The molecule has 96 valence electrons. The van der Waals surface area contributed by atoms with Crippen LogP contribution in [0, 0.1) is 0 Å². The standard InChI is InChI=1S/C14H21BN2O/c1-11(2)16-7-9-17(10-8-16)14(18)12-3-5-13(15)6-4-12/h3-6,11,14,18H,7-10H2,1-2H3. The summed E-state index contributed by atoms with van der Waals surface area (Å²) < 4.78 is 0. The first-order valence-corrected chi connectivity index (χ1v) is 6.59. The molecule has 1 fully saturated rings. The minimum absolute atomic E-state index is 0.514. The molecule has 0 saturated carbocycles. The number of aliphatic hydroxyl groups is 1. The third-order valence-corrected chi connectivity index (χ3v) is 3.66. The van der Waals surface area contributed by atoms with Gasteiger partial charge in [0.1, 0.15) is 14.1 Å². The molecule has 0 aliphatic carbocycles. The van der Waals surface area contributed by atoms with E-state index in [4.69, 9.17) is 7.85 Å². The van der Waals surface area contributed by atoms with Crippen LogP contribution in [0.2, 0.25) is 0 Å². The average molecular weight is 244 g/mol. The summed E-state index contributed by atoms with van der Waals surface area (Å²) in [6.07, 6.45) is -0.514. The van der Waals surface area contributed by atoms with Crippen molar-refractivity contribution in [3.8, 4) is 0 Å². The molecule has 1 unspecified atom stereocenters. The summed E-state index contributed by atoms with van der Waals surface area (Å²) in [6.45, 7) is 8.28. The highest BCUT2D eigenvalue weighted by Crippen LogP contribution is 2.19. The highest BCUT2D eigenvalue weighted by Gasteiger charge is 2.24. The molecule has 0 bridgehead atoms. The second-order valence-electron chi connectivity index (χ2n) is 5.21. The van der Waals surface area contributed by atoms with Gasteiger partial charge in [-0.05, 0) is 19.4 Å². The summed E-state index contributed by atoms with van der Waals surface area (Å²) in [7, 11) is 5.65. The van der Waals surface area contributed by atoms with E-state index < -0.39 is 6.23 Å². The number of hydrogen-bond donors (Lipinski definition) is 1. The largest absolute Gasteiger partial charge is 0.374 e. The molecule has 0 aromatic heterocycles. The van der Waals surface area contributed by atoms with Crippen LogP contribution >= 0.6 is 0 Å². The lowest BCUT2D eigenvalue weighted by atomic mass is 9.95. The van der Waals surface area contributed by atoms with Gasteiger partial charge in [-0.3, -0.25) is 9.80 Å². The zero-order valence-corrected chi connectivity index (χ0v) is 11.2. The first-order chi connectivity index (χ1) is 8.58. The van der Waals surface area contributed by atoms with Crippen molar-refractivity contribution in [3.05, 3.63) is 29.8 Å². The summed E-state index contributed by atoms with van der Waals surface area (Å²) in [5.41, 5.74) is 1.65. The van der Waals surface area contributed by atoms with E-state index in [1.165, 1.54) is 0 Å². The molecule has 2 radical (unpaired) electrons. The van der Waals surface area contributed by atoms with Crippen LogP contribution in [-0.2, 0) is 0 Å². The summed E-state index contributed by atoms with van der Waals surface area (Å²) in [4.78, 5) is 4.55. The molecule has 1 aliphatic rings. The fourth-order valence-corrected chi connectivity index (χ4v) is 2.38. The predicted octanol–water partition coefficient (Wildman–Crippen LogP) is 0.497. The van der Waals surface area contributed by atoms with E-state index in [1.807, 2.05) is 24.3 Å². The molecule has 2 rings (SSSR count). The highest BCUT2D eigenvalue weighted by atomic mass is 16.3. The van der Waals surface area contributed by atoms with Crippen LogP contribution in [0.3, 0.4) is 0 Å². The van der Waals surface area contributed by atoms with Crippen LogP contribution in [0.4, 0.5) is 0 Å². The Kier molecular flexibility index (Phi) is 4.43. The topological polar surface area (TPSA) is 26.7 Å². The van der Waals surface area contributed by atoms with Gasteiger partial charge < -0.3 is 5.11 Å². The van der Waals surface area contributed by atoms with E-state index in [9.17, 15) is 5.11 Å². The van der Waals surface area contributed by atoms with Crippen molar-refractivity contribution in [2.45, 2.75) is 26.1 Å². The van der Waals surface area contributed by atoms with Crippen LogP contribution in [0.1, 0.15) is 25.6 Å². The van der Waals surface area contributed by atoms with E-state index in [1.54, 1.807) is 0 Å². The van der Waals surface area contributed by atoms with Crippen LogP contribution in [0.5, 0.6) is 0 Å². The van der Waals surface area contributed by atoms with Crippen molar-refractivity contribution >= 4 is 13.3 Å². The van der Waals surface area contributed by atoms with Crippen molar-refractivity contribution < 1.29 is 5.11 Å². The van der Waals surface area contributed by atoms with Gasteiger partial charge in [-0.25, -0.2) is 0 Å². The average Bonchev–Trinajstić information content (AvgIpc) is 2.39. The molecule has 0 spiro atoms. The predicted molar refractivity (Wildman–Crippen MR) is 75.1 cm³/mol. The number of aliphatic hydroxyl groups excluding tert-OH is 1. The number of piperazine rings is 1. The SMILES string of the molecule is [B]c1ccc(C(O)N2CCN(C(C)C)CC2)cc1. The lowest BCUT2D eigenvalue weighted by molar-refractivity contribution is -0.0321. The third kappa shape index (κ3) is 3.13. The monoisotopic (exact) mass is 244 g/mol. The summed E-state index contributed by atoms with van der Waals surface area (Å²) in [6, 6.07) is 8.05. The maximum Gasteiger partial charge on any atom is 0.133 e. The Morgan fingerprint density at radius 2 is 1.50 bits per heavy atom. The van der Waals surface area contributed by atoms with Gasteiger partial charge in [0.05, 0.1) is 0 Å². The number of nitrogens with zero attached hydrogens (tertiary/aromatic N) is 2. The number of hydrogen-bond acceptors (Lipinski definition) is 3. The summed E-state index contributed by atoms with van der Waals surface area (Å²) >= 11 is 0. The van der Waals surface area contributed by atoms with Crippen LogP contribution in [0.25, 0.3) is 0 Å². The fraction of sp³-hybridized carbons (Fsp3) is 0.571. The van der Waals surface area contributed by atoms with Crippen LogP contribution in [0.15, 0.2) is 24.3 Å². The number of rotatable bonds is 3. The quantitative estimate of drug-likeness (QED) is 0.784. The third-order valence-electron chi connectivity index (χ3n) is 3.66. The van der Waals surface area contributed by atoms with E-state index in [0.717, 1.165) is 37.2 Å². The van der Waals surface area contributed by atoms with Crippen molar-refractivity contribution in [2.75, 3.05) is 26.2 Å². The summed E-state index contributed by atoms with van der Waals surface area (Å²) in [5.74, 6) is 0. The van der Waals surface area contributed by atoms with E-state index in [-0.39, 0.29) is 0 Å². The van der Waals surface area contributed by atoms with Crippen molar-refractivity contribution in [3.63, 3.8) is 0 Å². The molecule has 1 aliphatic heterocycles. The van der Waals surface area contributed by atoms with Gasteiger partial charge in [-0.1, -0.05) is 29.7 Å². The van der Waals surface area contributed by atoms with Crippen LogP contribution < -0.4 is 5.46 Å². The maximum absolute atomic E-state index is 10.3. The molecule has 1 aromatic rings. The molecule has 1 aromatic carbocycles. The Hall–Kier alpha value is -0.835. The first-order valence-electron chi connectivity index (χ1n) is 6.59. The minimum atomic E-state index is -0.514. The lowest BCUT2D eigenvalue weighted by Crippen LogP contribution is -2.49. The Morgan fingerprint density at radius 1 is 1.00 bits per heavy atom. The molecule has 1 N–H and O–H groups in total. The van der Waals surface area contributed by atoms with Crippen LogP contribution in [-0.4, -0.2) is 55.0 Å². The molecular weight excluding hydrogens is 223 g/mol. The van der Waals surface area contributed by atoms with Gasteiger partial charge in [0.25, 0.3) is 0 Å². The van der Waals surface area contributed by atoms with Crippen molar-refractivity contribution in [2.24, 2.45) is 0 Å². The molecule has 1 heterocycles. The second kappa shape index (κ2) is 5.87. The Balaban J connectivity index is 1.95. The first kappa shape index (κ1) is 13.6. The summed E-state index contributed by atoms with van der Waals surface area (Å²) in [5, 5.41) is 10.3. The Morgan fingerprint density at radius 3 is 2.00 bits per heavy atom. The lowest BCUT2D eigenvalue weighted by Gasteiger charge is -2.39. The van der Waals surface area contributed by atoms with Gasteiger partial charge in [0, 0.05) is 32.2 Å². The smallest absolute Gasteiger partial charge is 0.133 e. The molecular formula is C14H21BN2O.